The van der Waals surface area contributed by atoms with E-state index in [-0.39, 0.29) is 17.1 Å². The predicted molar refractivity (Wildman–Crippen MR) is 81.2 cm³/mol. The van der Waals surface area contributed by atoms with Crippen LogP contribution < -0.4 is 0 Å². The third-order valence-electron chi connectivity index (χ3n) is 3.22. The van der Waals surface area contributed by atoms with E-state index in [9.17, 15) is 13.2 Å². The number of aromatic nitrogens is 1. The summed E-state index contributed by atoms with van der Waals surface area (Å²) in [6, 6.07) is 9.88. The molecule has 0 amide bonds. The average molecular weight is 303 g/mol. The molecular formula is C16H17NO3S. The molecule has 0 spiro atoms. The van der Waals surface area contributed by atoms with Crippen LogP contribution in [-0.2, 0) is 22.7 Å². The van der Waals surface area contributed by atoms with Gasteiger partial charge in [0.25, 0.3) is 0 Å². The zero-order valence-corrected chi connectivity index (χ0v) is 12.9. The smallest absolute Gasteiger partial charge is 0.175 e. The first-order valence-corrected chi connectivity index (χ1v) is 8.56. The molecule has 0 radical (unpaired) electrons. The monoisotopic (exact) mass is 303 g/mol. The number of hydrogen-bond acceptors (Lipinski definition) is 4. The molecule has 0 N–H and O–H groups in total. The van der Waals surface area contributed by atoms with Crippen molar-refractivity contribution in [2.24, 2.45) is 0 Å². The molecule has 4 nitrogen and oxygen atoms in total. The second-order valence-corrected chi connectivity index (χ2v) is 6.93. The summed E-state index contributed by atoms with van der Waals surface area (Å²) in [5.74, 6) is -0.141. The fraction of sp³-hybridized carbons (Fsp3) is 0.250. The molecular weight excluding hydrogens is 286 g/mol. The molecule has 5 heteroatoms. The number of nitrogens with zero attached hydrogens (tertiary/aromatic N) is 1. The minimum Gasteiger partial charge on any atom is -0.294 e. The zero-order chi connectivity index (χ0) is 15.5. The highest BCUT2D eigenvalue weighted by Gasteiger charge is 2.12. The maximum absolute atomic E-state index is 12.2. The highest BCUT2D eigenvalue weighted by atomic mass is 32.2. The SMILES string of the molecule is CCc1ccc(CC(=O)c2cccc(S(C)(=O)=O)c2)nc1. The molecule has 1 heterocycles. The Hall–Kier alpha value is -2.01. The van der Waals surface area contributed by atoms with Crippen molar-refractivity contribution in [3.63, 3.8) is 0 Å². The summed E-state index contributed by atoms with van der Waals surface area (Å²) in [5, 5.41) is 0. The maximum Gasteiger partial charge on any atom is 0.175 e. The van der Waals surface area contributed by atoms with Crippen LogP contribution in [0.4, 0.5) is 0 Å². The van der Waals surface area contributed by atoms with Crippen molar-refractivity contribution in [2.75, 3.05) is 6.26 Å². The number of rotatable bonds is 5. The molecule has 21 heavy (non-hydrogen) atoms. The van der Waals surface area contributed by atoms with Crippen molar-refractivity contribution in [2.45, 2.75) is 24.7 Å². The van der Waals surface area contributed by atoms with Crippen molar-refractivity contribution >= 4 is 15.6 Å². The first-order chi connectivity index (χ1) is 9.90. The van der Waals surface area contributed by atoms with E-state index in [1.54, 1.807) is 18.3 Å². The van der Waals surface area contributed by atoms with E-state index in [2.05, 4.69) is 4.98 Å². The van der Waals surface area contributed by atoms with Gasteiger partial charge >= 0.3 is 0 Å². The highest BCUT2D eigenvalue weighted by molar-refractivity contribution is 7.90. The van der Waals surface area contributed by atoms with Gasteiger partial charge in [0.15, 0.2) is 15.6 Å². The van der Waals surface area contributed by atoms with E-state index in [1.165, 1.54) is 12.1 Å². The Balaban J connectivity index is 2.20. The van der Waals surface area contributed by atoms with Crippen LogP contribution in [0.25, 0.3) is 0 Å². The van der Waals surface area contributed by atoms with Gasteiger partial charge < -0.3 is 0 Å². The molecule has 0 fully saturated rings. The molecule has 0 aliphatic rings. The Labute approximate surface area is 124 Å². The largest absolute Gasteiger partial charge is 0.294 e. The van der Waals surface area contributed by atoms with Crippen LogP contribution in [0.15, 0.2) is 47.5 Å². The lowest BCUT2D eigenvalue weighted by Crippen LogP contribution is -2.07. The van der Waals surface area contributed by atoms with Crippen molar-refractivity contribution in [1.82, 2.24) is 4.98 Å². The van der Waals surface area contributed by atoms with Gasteiger partial charge in [0.2, 0.25) is 0 Å². The average Bonchev–Trinajstić information content (AvgIpc) is 2.47. The van der Waals surface area contributed by atoms with Gasteiger partial charge in [0.1, 0.15) is 0 Å². The van der Waals surface area contributed by atoms with E-state index < -0.39 is 9.84 Å². The van der Waals surface area contributed by atoms with Crippen molar-refractivity contribution < 1.29 is 13.2 Å². The normalized spacial score (nSPS) is 11.3. The minimum absolute atomic E-state index is 0.141. The first-order valence-electron chi connectivity index (χ1n) is 6.67. The number of ketones is 1. The lowest BCUT2D eigenvalue weighted by molar-refractivity contribution is 0.0991. The summed E-state index contributed by atoms with van der Waals surface area (Å²) >= 11 is 0. The highest BCUT2D eigenvalue weighted by Crippen LogP contribution is 2.13. The number of aryl methyl sites for hydroxylation is 1. The van der Waals surface area contributed by atoms with E-state index in [4.69, 9.17) is 0 Å². The number of Topliss-reactive ketones (excluding diaryl/α,β-unsaturated/α-hetero) is 1. The standard InChI is InChI=1S/C16H17NO3S/c1-3-12-7-8-14(17-11-12)10-16(18)13-5-4-6-15(9-13)21(2,19)20/h4-9,11H,3,10H2,1-2H3. The van der Waals surface area contributed by atoms with Gasteiger partial charge in [-0.25, -0.2) is 8.42 Å². The van der Waals surface area contributed by atoms with E-state index in [1.807, 2.05) is 19.1 Å². The molecule has 1 aromatic heterocycles. The van der Waals surface area contributed by atoms with Gasteiger partial charge in [-0.15, -0.1) is 0 Å². The lowest BCUT2D eigenvalue weighted by Gasteiger charge is -2.04. The Bertz CT molecular complexity index is 749. The van der Waals surface area contributed by atoms with Crippen molar-refractivity contribution in [1.29, 1.82) is 0 Å². The van der Waals surface area contributed by atoms with Crippen LogP contribution in [0.2, 0.25) is 0 Å². The second kappa shape index (κ2) is 6.18. The van der Waals surface area contributed by atoms with E-state index in [0.29, 0.717) is 11.3 Å². The molecule has 0 saturated heterocycles. The molecule has 1 aromatic carbocycles. The molecule has 0 aliphatic carbocycles. The summed E-state index contributed by atoms with van der Waals surface area (Å²) in [4.78, 5) is 16.6. The summed E-state index contributed by atoms with van der Waals surface area (Å²) in [7, 11) is -3.31. The predicted octanol–water partition coefficient (Wildman–Crippen LogP) is 2.47. The third kappa shape index (κ3) is 3.98. The topological polar surface area (TPSA) is 64.1 Å². The first kappa shape index (κ1) is 15.4. The van der Waals surface area contributed by atoms with Crippen LogP contribution in [0.1, 0.15) is 28.5 Å². The van der Waals surface area contributed by atoms with Crippen LogP contribution in [0.3, 0.4) is 0 Å². The second-order valence-electron chi connectivity index (χ2n) is 4.91. The van der Waals surface area contributed by atoms with Crippen LogP contribution in [-0.4, -0.2) is 25.4 Å². The number of carbonyl (C=O) groups is 1. The molecule has 0 atom stereocenters. The molecule has 0 saturated carbocycles. The Kier molecular flexibility index (Phi) is 4.53. The van der Waals surface area contributed by atoms with Crippen LogP contribution in [0, 0.1) is 0 Å². The van der Waals surface area contributed by atoms with Crippen molar-refractivity contribution in [3.05, 3.63) is 59.4 Å². The quantitative estimate of drug-likeness (QED) is 0.796. The number of benzene rings is 1. The molecule has 2 rings (SSSR count). The third-order valence-corrected chi connectivity index (χ3v) is 4.33. The van der Waals surface area contributed by atoms with Gasteiger partial charge in [0, 0.05) is 23.7 Å². The van der Waals surface area contributed by atoms with Gasteiger partial charge in [-0.2, -0.15) is 0 Å². The zero-order valence-electron chi connectivity index (χ0n) is 12.0. The van der Waals surface area contributed by atoms with E-state index >= 15 is 0 Å². The number of sulfone groups is 1. The summed E-state index contributed by atoms with van der Waals surface area (Å²) < 4.78 is 23.0. The molecule has 0 unspecified atom stereocenters. The molecule has 0 aliphatic heterocycles. The van der Waals surface area contributed by atoms with Crippen LogP contribution in [0.5, 0.6) is 0 Å². The summed E-state index contributed by atoms with van der Waals surface area (Å²) in [6.45, 7) is 2.04. The Morgan fingerprint density at radius 1 is 1.19 bits per heavy atom. The number of pyridine rings is 1. The fourth-order valence-corrected chi connectivity index (χ4v) is 2.60. The number of hydrogen-bond donors (Lipinski definition) is 0. The van der Waals surface area contributed by atoms with Crippen LogP contribution >= 0.6 is 0 Å². The maximum atomic E-state index is 12.2. The lowest BCUT2D eigenvalue weighted by atomic mass is 10.1. The Morgan fingerprint density at radius 2 is 1.95 bits per heavy atom. The molecule has 2 aromatic rings. The molecule has 0 bridgehead atoms. The Morgan fingerprint density at radius 3 is 2.52 bits per heavy atom. The summed E-state index contributed by atoms with van der Waals surface area (Å²) in [6.07, 6.45) is 3.95. The number of carbonyl (C=O) groups excluding carboxylic acids is 1. The summed E-state index contributed by atoms with van der Waals surface area (Å²) in [5.41, 5.74) is 2.19. The van der Waals surface area contributed by atoms with Gasteiger partial charge in [-0.05, 0) is 30.2 Å². The van der Waals surface area contributed by atoms with Gasteiger partial charge in [-0.1, -0.05) is 25.1 Å². The minimum atomic E-state index is -3.31. The fourth-order valence-electron chi connectivity index (χ4n) is 1.94. The van der Waals surface area contributed by atoms with Gasteiger partial charge in [0.05, 0.1) is 11.3 Å². The molecule has 110 valence electrons. The van der Waals surface area contributed by atoms with Gasteiger partial charge in [-0.3, -0.25) is 9.78 Å². The van der Waals surface area contributed by atoms with E-state index in [0.717, 1.165) is 18.2 Å². The van der Waals surface area contributed by atoms with Crippen molar-refractivity contribution in [3.8, 4) is 0 Å².